The summed E-state index contributed by atoms with van der Waals surface area (Å²) < 4.78 is 41.3. The molecule has 3 aromatic carbocycles. The van der Waals surface area contributed by atoms with Gasteiger partial charge in [0.1, 0.15) is 18.4 Å². The molecule has 0 saturated heterocycles. The average Bonchev–Trinajstić information content (AvgIpc) is 2.95. The number of carbonyl (C=O) groups is 2. The van der Waals surface area contributed by atoms with Crippen LogP contribution < -0.4 is 9.62 Å². The molecule has 0 spiro atoms. The van der Waals surface area contributed by atoms with E-state index in [1.54, 1.807) is 0 Å². The summed E-state index contributed by atoms with van der Waals surface area (Å²) in [5.74, 6) is -1.58. The van der Waals surface area contributed by atoms with Crippen LogP contribution in [0.1, 0.15) is 43.2 Å². The van der Waals surface area contributed by atoms with Crippen molar-refractivity contribution < 1.29 is 22.4 Å². The molecule has 1 saturated carbocycles. The van der Waals surface area contributed by atoms with Crippen molar-refractivity contribution >= 4 is 55.1 Å². The smallest absolute Gasteiger partial charge is 0.244 e. The monoisotopic (exact) mass is 677 g/mol. The topological polar surface area (TPSA) is 86.8 Å². The molecule has 11 heteroatoms. The van der Waals surface area contributed by atoms with Crippen molar-refractivity contribution in [3.63, 3.8) is 0 Å². The number of nitrogens with zero attached hydrogens (tertiary/aromatic N) is 2. The second kappa shape index (κ2) is 14.5. The third kappa shape index (κ3) is 8.78. The number of hydrogen-bond acceptors (Lipinski definition) is 4. The zero-order valence-corrected chi connectivity index (χ0v) is 26.5. The van der Waals surface area contributed by atoms with Crippen LogP contribution in [0.15, 0.2) is 77.3 Å². The lowest BCUT2D eigenvalue weighted by atomic mass is 9.94. The number of nitrogens with one attached hydrogen (secondary N) is 1. The first-order valence-electron chi connectivity index (χ1n) is 13.8. The predicted molar refractivity (Wildman–Crippen MR) is 167 cm³/mol. The van der Waals surface area contributed by atoms with Crippen LogP contribution in [0.25, 0.3) is 0 Å². The lowest BCUT2D eigenvalue weighted by molar-refractivity contribution is -0.140. The number of sulfonamides is 1. The molecular weight excluding hydrogens is 645 g/mol. The first kappa shape index (κ1) is 32.0. The molecule has 0 bridgehead atoms. The molecule has 1 fully saturated rings. The van der Waals surface area contributed by atoms with Crippen LogP contribution in [-0.2, 0) is 32.6 Å². The highest BCUT2D eigenvalue weighted by Gasteiger charge is 2.34. The van der Waals surface area contributed by atoms with E-state index in [-0.39, 0.29) is 35.6 Å². The molecule has 2 amide bonds. The summed E-state index contributed by atoms with van der Waals surface area (Å²) in [5, 5.41) is 2.90. The molecule has 1 N–H and O–H groups in total. The molecule has 0 heterocycles. The van der Waals surface area contributed by atoms with Gasteiger partial charge < -0.3 is 10.2 Å². The van der Waals surface area contributed by atoms with Crippen LogP contribution in [0.3, 0.4) is 0 Å². The Balaban J connectivity index is 1.73. The van der Waals surface area contributed by atoms with E-state index in [1.807, 2.05) is 54.6 Å². The molecule has 0 aliphatic heterocycles. The SMILES string of the molecule is CS(=O)(=O)N(CC(=O)N(Cc1cccc(Br)c1)[C@@H](Cc1ccccc1)C(=O)NC1CCCCC1)c1ccc(F)c(Cl)c1. The van der Waals surface area contributed by atoms with E-state index in [2.05, 4.69) is 21.2 Å². The molecule has 0 radical (unpaired) electrons. The molecule has 0 unspecified atom stereocenters. The lowest BCUT2D eigenvalue weighted by Gasteiger charge is -2.35. The summed E-state index contributed by atoms with van der Waals surface area (Å²) >= 11 is 9.43. The average molecular weight is 679 g/mol. The molecular formula is C31H34BrClFN3O4S. The second-order valence-electron chi connectivity index (χ2n) is 10.6. The molecule has 42 heavy (non-hydrogen) atoms. The van der Waals surface area contributed by atoms with Crippen molar-refractivity contribution in [2.45, 2.75) is 57.2 Å². The number of anilines is 1. The van der Waals surface area contributed by atoms with E-state index >= 15 is 0 Å². The summed E-state index contributed by atoms with van der Waals surface area (Å²) in [6.07, 6.45) is 6.13. The third-order valence-corrected chi connectivity index (χ3v) is 9.26. The van der Waals surface area contributed by atoms with Crippen LogP contribution >= 0.6 is 27.5 Å². The van der Waals surface area contributed by atoms with E-state index < -0.39 is 34.3 Å². The van der Waals surface area contributed by atoms with Crippen LogP contribution in [0, 0.1) is 5.82 Å². The van der Waals surface area contributed by atoms with Gasteiger partial charge in [-0.05, 0) is 54.3 Å². The Bertz CT molecular complexity index is 1500. The van der Waals surface area contributed by atoms with Gasteiger partial charge >= 0.3 is 0 Å². The maximum atomic E-state index is 14.2. The van der Waals surface area contributed by atoms with Crippen LogP contribution in [0.4, 0.5) is 10.1 Å². The second-order valence-corrected chi connectivity index (χ2v) is 13.8. The molecule has 1 aliphatic carbocycles. The van der Waals surface area contributed by atoms with Crippen molar-refractivity contribution in [1.29, 1.82) is 0 Å². The number of carbonyl (C=O) groups excluding carboxylic acids is 2. The first-order chi connectivity index (χ1) is 20.0. The molecule has 7 nitrogen and oxygen atoms in total. The number of amides is 2. The third-order valence-electron chi connectivity index (χ3n) is 7.33. The van der Waals surface area contributed by atoms with Gasteiger partial charge in [0.2, 0.25) is 21.8 Å². The van der Waals surface area contributed by atoms with E-state index in [1.165, 1.54) is 17.0 Å². The molecule has 224 valence electrons. The summed E-state index contributed by atoms with van der Waals surface area (Å²) in [6.45, 7) is -0.535. The zero-order valence-electron chi connectivity index (χ0n) is 23.3. The van der Waals surface area contributed by atoms with Gasteiger partial charge in [0.25, 0.3) is 0 Å². The highest BCUT2D eigenvalue weighted by Crippen LogP contribution is 2.26. The Morgan fingerprint density at radius 3 is 2.33 bits per heavy atom. The fourth-order valence-corrected chi connectivity index (χ4v) is 6.65. The van der Waals surface area contributed by atoms with Crippen molar-refractivity contribution in [3.8, 4) is 0 Å². The maximum absolute atomic E-state index is 14.2. The van der Waals surface area contributed by atoms with Gasteiger partial charge in [0.05, 0.1) is 17.0 Å². The van der Waals surface area contributed by atoms with E-state index in [0.717, 1.165) is 64.3 Å². The minimum Gasteiger partial charge on any atom is -0.352 e. The van der Waals surface area contributed by atoms with Gasteiger partial charge in [-0.3, -0.25) is 13.9 Å². The molecule has 3 aromatic rings. The van der Waals surface area contributed by atoms with Crippen molar-refractivity contribution in [1.82, 2.24) is 10.2 Å². The van der Waals surface area contributed by atoms with Gasteiger partial charge in [-0.2, -0.15) is 0 Å². The number of benzene rings is 3. The summed E-state index contributed by atoms with van der Waals surface area (Å²) in [5.41, 5.74) is 1.67. The highest BCUT2D eigenvalue weighted by molar-refractivity contribution is 9.10. The minimum absolute atomic E-state index is 0.0150. The fraction of sp³-hybridized carbons (Fsp3) is 0.355. The van der Waals surface area contributed by atoms with Crippen LogP contribution in [0.5, 0.6) is 0 Å². The van der Waals surface area contributed by atoms with E-state index in [0.29, 0.717) is 0 Å². The minimum atomic E-state index is -3.99. The molecule has 0 aromatic heterocycles. The quantitative estimate of drug-likeness (QED) is 0.266. The Morgan fingerprint density at radius 2 is 1.69 bits per heavy atom. The van der Waals surface area contributed by atoms with E-state index in [4.69, 9.17) is 11.6 Å². The van der Waals surface area contributed by atoms with Crippen molar-refractivity contribution in [3.05, 3.63) is 99.2 Å². The molecule has 1 aliphatic rings. The van der Waals surface area contributed by atoms with Gasteiger partial charge in [-0.25, -0.2) is 12.8 Å². The van der Waals surface area contributed by atoms with Gasteiger partial charge in [-0.1, -0.05) is 89.3 Å². The first-order valence-corrected chi connectivity index (χ1v) is 16.8. The Kier molecular flexibility index (Phi) is 11.0. The molecule has 1 atom stereocenters. The summed E-state index contributed by atoms with van der Waals surface area (Å²) in [6, 6.07) is 19.4. The normalized spacial score (nSPS) is 14.7. The number of rotatable bonds is 11. The zero-order chi connectivity index (χ0) is 30.3. The predicted octanol–water partition coefficient (Wildman–Crippen LogP) is 6.10. The van der Waals surface area contributed by atoms with Crippen molar-refractivity contribution in [2.24, 2.45) is 0 Å². The van der Waals surface area contributed by atoms with Gasteiger partial charge in [0.15, 0.2) is 0 Å². The highest BCUT2D eigenvalue weighted by atomic mass is 79.9. The summed E-state index contributed by atoms with van der Waals surface area (Å²) in [7, 11) is -3.99. The summed E-state index contributed by atoms with van der Waals surface area (Å²) in [4.78, 5) is 29.6. The van der Waals surface area contributed by atoms with Gasteiger partial charge in [-0.15, -0.1) is 0 Å². The molecule has 4 rings (SSSR count). The maximum Gasteiger partial charge on any atom is 0.244 e. The number of hydrogen-bond donors (Lipinski definition) is 1. The lowest BCUT2D eigenvalue weighted by Crippen LogP contribution is -2.55. The van der Waals surface area contributed by atoms with Crippen LogP contribution in [-0.4, -0.2) is 50.0 Å². The largest absolute Gasteiger partial charge is 0.352 e. The van der Waals surface area contributed by atoms with Crippen molar-refractivity contribution in [2.75, 3.05) is 17.1 Å². The Labute approximate surface area is 260 Å². The van der Waals surface area contributed by atoms with E-state index in [9.17, 15) is 22.4 Å². The Hall–Kier alpha value is -2.95. The number of halogens is 3. The van der Waals surface area contributed by atoms with Gasteiger partial charge in [0, 0.05) is 23.5 Å². The van der Waals surface area contributed by atoms with Crippen LogP contribution in [0.2, 0.25) is 5.02 Å². The fourth-order valence-electron chi connectivity index (χ4n) is 5.18. The Morgan fingerprint density at radius 1 is 1.00 bits per heavy atom. The standard InChI is InChI=1S/C31H34BrClFN3O4S/c1-42(40,41)37(26-15-16-28(34)27(33)19-26)21-30(38)36(20-23-11-8-12-24(32)17-23)29(18-22-9-4-2-5-10-22)31(39)35-25-13-6-3-7-14-25/h2,4-5,8-12,15-17,19,25,29H,3,6-7,13-14,18,20-21H2,1H3,(H,35,39)/t29-/m0/s1.